The van der Waals surface area contributed by atoms with Crippen molar-refractivity contribution >= 4 is 44.8 Å². The van der Waals surface area contributed by atoms with Gasteiger partial charge >= 0.3 is 0 Å². The molecule has 2 rings (SSSR count). The van der Waals surface area contributed by atoms with Crippen molar-refractivity contribution in [3.05, 3.63) is 22.7 Å². The number of carbonyl (C=O) groups excluding carboxylic acids is 1. The molecular weight excluding hydrogens is 308 g/mol. The first-order chi connectivity index (χ1) is 8.78. The van der Waals surface area contributed by atoms with Crippen LogP contribution in [0, 0.1) is 0 Å². The van der Waals surface area contributed by atoms with Gasteiger partial charge in [-0.05, 0) is 12.1 Å². The number of carbonyl (C=O) groups is 1. The quantitative estimate of drug-likeness (QED) is 0.819. The molecule has 8 heteroatoms. The summed E-state index contributed by atoms with van der Waals surface area (Å²) in [6.45, 7) is 0. The molecule has 19 heavy (non-hydrogen) atoms. The molecule has 1 atom stereocenters. The number of rotatable bonds is 4. The summed E-state index contributed by atoms with van der Waals surface area (Å²) in [6, 6.07) is 2.69. The van der Waals surface area contributed by atoms with Gasteiger partial charge in [-0.15, -0.1) is 11.8 Å². The van der Waals surface area contributed by atoms with Crippen LogP contribution in [-0.4, -0.2) is 32.1 Å². The maximum atomic E-state index is 11.4. The standard InChI is InChI=1S/C11H13ClN2O3S2/c1-19(16,17)3-2-18-9-5-8-6(4-7(9)12)10(13)11(15)14-8/h4-5,10H,2-3,13H2,1H3,(H,14,15). The van der Waals surface area contributed by atoms with Crippen LogP contribution in [0.3, 0.4) is 0 Å². The highest BCUT2D eigenvalue weighted by Gasteiger charge is 2.28. The van der Waals surface area contributed by atoms with Gasteiger partial charge in [0.05, 0.1) is 10.8 Å². The van der Waals surface area contributed by atoms with Crippen LogP contribution in [0.1, 0.15) is 11.6 Å². The zero-order chi connectivity index (χ0) is 14.2. The summed E-state index contributed by atoms with van der Waals surface area (Å²) < 4.78 is 22.1. The Hall–Kier alpha value is -0.760. The average Bonchev–Trinajstić information content (AvgIpc) is 2.54. The summed E-state index contributed by atoms with van der Waals surface area (Å²) >= 11 is 7.45. The van der Waals surface area contributed by atoms with Gasteiger partial charge in [-0.25, -0.2) is 8.42 Å². The van der Waals surface area contributed by atoms with Crippen molar-refractivity contribution in [2.75, 3.05) is 23.1 Å². The predicted octanol–water partition coefficient (Wildman–Crippen LogP) is 1.43. The third-order valence-electron chi connectivity index (χ3n) is 2.69. The van der Waals surface area contributed by atoms with Gasteiger partial charge in [0.25, 0.3) is 0 Å². The molecule has 3 N–H and O–H groups in total. The Labute approximate surface area is 120 Å². The van der Waals surface area contributed by atoms with Crippen LogP contribution in [0.4, 0.5) is 5.69 Å². The van der Waals surface area contributed by atoms with Crippen molar-refractivity contribution < 1.29 is 13.2 Å². The van der Waals surface area contributed by atoms with E-state index in [0.717, 1.165) is 4.90 Å². The topological polar surface area (TPSA) is 89.3 Å². The molecule has 0 aliphatic carbocycles. The number of hydrogen-bond acceptors (Lipinski definition) is 5. The second-order valence-corrected chi connectivity index (χ2v) is 8.12. The van der Waals surface area contributed by atoms with Crippen molar-refractivity contribution in [2.24, 2.45) is 5.73 Å². The van der Waals surface area contributed by atoms with E-state index >= 15 is 0 Å². The molecule has 0 fully saturated rings. The third-order valence-corrected chi connectivity index (χ3v) is 5.38. The first-order valence-corrected chi connectivity index (χ1v) is 8.91. The minimum atomic E-state index is -2.99. The Morgan fingerprint density at radius 1 is 1.47 bits per heavy atom. The molecule has 1 aromatic carbocycles. The maximum absolute atomic E-state index is 11.4. The van der Waals surface area contributed by atoms with Gasteiger partial charge in [0.1, 0.15) is 15.9 Å². The average molecular weight is 321 g/mol. The van der Waals surface area contributed by atoms with Crippen molar-refractivity contribution in [3.63, 3.8) is 0 Å². The highest BCUT2D eigenvalue weighted by Crippen LogP contribution is 2.37. The summed E-state index contributed by atoms with van der Waals surface area (Å²) in [5.74, 6) is 0.234. The number of nitrogens with one attached hydrogen (secondary N) is 1. The number of thioether (sulfide) groups is 1. The second-order valence-electron chi connectivity index (χ2n) is 4.32. The zero-order valence-electron chi connectivity index (χ0n) is 10.1. The van der Waals surface area contributed by atoms with E-state index in [1.165, 1.54) is 18.0 Å². The molecule has 0 saturated heterocycles. The molecule has 0 spiro atoms. The van der Waals surface area contributed by atoms with Crippen molar-refractivity contribution in [2.45, 2.75) is 10.9 Å². The molecule has 1 heterocycles. The third kappa shape index (κ3) is 3.42. The molecule has 1 amide bonds. The van der Waals surface area contributed by atoms with E-state index in [9.17, 15) is 13.2 Å². The number of fused-ring (bicyclic) bond motifs is 1. The van der Waals surface area contributed by atoms with E-state index in [2.05, 4.69) is 5.32 Å². The molecule has 104 valence electrons. The monoisotopic (exact) mass is 320 g/mol. The van der Waals surface area contributed by atoms with Crippen LogP contribution in [0.2, 0.25) is 5.02 Å². The number of sulfone groups is 1. The first kappa shape index (κ1) is 14.6. The van der Waals surface area contributed by atoms with E-state index in [0.29, 0.717) is 22.0 Å². The molecule has 0 saturated carbocycles. The van der Waals surface area contributed by atoms with Crippen LogP contribution in [0.5, 0.6) is 0 Å². The number of halogens is 1. The zero-order valence-corrected chi connectivity index (χ0v) is 12.5. The van der Waals surface area contributed by atoms with Gasteiger partial charge in [-0.3, -0.25) is 4.79 Å². The van der Waals surface area contributed by atoms with Gasteiger partial charge < -0.3 is 11.1 Å². The van der Waals surface area contributed by atoms with Gasteiger partial charge in [0.15, 0.2) is 0 Å². The van der Waals surface area contributed by atoms with Gasteiger partial charge in [0.2, 0.25) is 5.91 Å². The fourth-order valence-electron chi connectivity index (χ4n) is 1.70. The number of benzene rings is 1. The lowest BCUT2D eigenvalue weighted by molar-refractivity contribution is -0.116. The molecular formula is C11H13ClN2O3S2. The van der Waals surface area contributed by atoms with E-state index in [1.807, 2.05) is 0 Å². The normalized spacial score (nSPS) is 18.3. The fraction of sp³-hybridized carbons (Fsp3) is 0.364. The number of amides is 1. The minimum absolute atomic E-state index is 0.0803. The van der Waals surface area contributed by atoms with Crippen LogP contribution < -0.4 is 11.1 Å². The second kappa shape index (κ2) is 5.32. The summed E-state index contributed by atoms with van der Waals surface area (Å²) in [6.07, 6.45) is 1.19. The fourth-order valence-corrected chi connectivity index (χ4v) is 4.20. The largest absolute Gasteiger partial charge is 0.324 e. The highest BCUT2D eigenvalue weighted by atomic mass is 35.5. The smallest absolute Gasteiger partial charge is 0.245 e. The SMILES string of the molecule is CS(=O)(=O)CCSc1cc2c(cc1Cl)C(N)C(=O)N2. The number of nitrogens with two attached hydrogens (primary N) is 1. The van der Waals surface area contributed by atoms with Crippen molar-refractivity contribution in [1.29, 1.82) is 0 Å². The van der Waals surface area contributed by atoms with E-state index < -0.39 is 15.9 Å². The van der Waals surface area contributed by atoms with Crippen LogP contribution >= 0.6 is 23.4 Å². The first-order valence-electron chi connectivity index (χ1n) is 5.48. The number of hydrogen-bond donors (Lipinski definition) is 2. The van der Waals surface area contributed by atoms with Crippen LogP contribution in [0.15, 0.2) is 17.0 Å². The maximum Gasteiger partial charge on any atom is 0.245 e. The molecule has 0 aromatic heterocycles. The lowest BCUT2D eigenvalue weighted by Gasteiger charge is -2.08. The van der Waals surface area contributed by atoms with Crippen molar-refractivity contribution in [1.82, 2.24) is 0 Å². The van der Waals surface area contributed by atoms with E-state index in [1.54, 1.807) is 12.1 Å². The summed E-state index contributed by atoms with van der Waals surface area (Å²) in [5.41, 5.74) is 7.02. The van der Waals surface area contributed by atoms with Crippen molar-refractivity contribution in [3.8, 4) is 0 Å². The molecule has 1 aromatic rings. The Morgan fingerprint density at radius 2 is 2.16 bits per heavy atom. The molecule has 5 nitrogen and oxygen atoms in total. The van der Waals surface area contributed by atoms with Gasteiger partial charge in [0, 0.05) is 28.2 Å². The van der Waals surface area contributed by atoms with E-state index in [4.69, 9.17) is 17.3 Å². The predicted molar refractivity (Wildman–Crippen MR) is 77.4 cm³/mol. The molecule has 0 bridgehead atoms. The lowest BCUT2D eigenvalue weighted by Crippen LogP contribution is -2.19. The highest BCUT2D eigenvalue weighted by molar-refractivity contribution is 8.00. The van der Waals surface area contributed by atoms with Crippen LogP contribution in [-0.2, 0) is 14.6 Å². The number of anilines is 1. The van der Waals surface area contributed by atoms with E-state index in [-0.39, 0.29) is 11.7 Å². The van der Waals surface area contributed by atoms with Crippen LogP contribution in [0.25, 0.3) is 0 Å². The molecule has 1 aliphatic rings. The Balaban J connectivity index is 2.16. The molecule has 0 radical (unpaired) electrons. The minimum Gasteiger partial charge on any atom is -0.324 e. The summed E-state index contributed by atoms with van der Waals surface area (Å²) in [4.78, 5) is 12.2. The molecule has 1 aliphatic heterocycles. The molecule has 1 unspecified atom stereocenters. The summed E-state index contributed by atoms with van der Waals surface area (Å²) in [7, 11) is -2.99. The van der Waals surface area contributed by atoms with Gasteiger partial charge in [-0.2, -0.15) is 0 Å². The Morgan fingerprint density at radius 3 is 2.79 bits per heavy atom. The Bertz CT molecular complexity index is 631. The Kier molecular flexibility index (Phi) is 4.10. The summed E-state index contributed by atoms with van der Waals surface area (Å²) in [5, 5.41) is 3.14. The van der Waals surface area contributed by atoms with Gasteiger partial charge in [-0.1, -0.05) is 11.6 Å². The lowest BCUT2D eigenvalue weighted by atomic mass is 10.1.